The van der Waals surface area contributed by atoms with Gasteiger partial charge in [0, 0.05) is 37.1 Å². The molecule has 1 fully saturated rings. The van der Waals surface area contributed by atoms with Gasteiger partial charge < -0.3 is 14.2 Å². The summed E-state index contributed by atoms with van der Waals surface area (Å²) in [5, 5.41) is 2.88. The summed E-state index contributed by atoms with van der Waals surface area (Å²) in [5.74, 6) is 1.72. The molecule has 0 unspecified atom stereocenters. The van der Waals surface area contributed by atoms with E-state index in [-0.39, 0.29) is 0 Å². The van der Waals surface area contributed by atoms with E-state index in [1.165, 1.54) is 11.1 Å². The van der Waals surface area contributed by atoms with Crippen molar-refractivity contribution in [3.63, 3.8) is 0 Å². The number of pyridine rings is 1. The molecular formula is C28H37N5O2. The van der Waals surface area contributed by atoms with E-state index >= 15 is 0 Å². The number of aromatic nitrogens is 3. The molecule has 0 bridgehead atoms. The van der Waals surface area contributed by atoms with Crippen LogP contribution < -0.4 is 5.32 Å². The Hall–Kier alpha value is -2.93. The fourth-order valence-corrected chi connectivity index (χ4v) is 5.74. The normalized spacial score (nSPS) is 19.2. The number of benzene rings is 1. The molecule has 7 heteroatoms. The molecule has 2 aromatic heterocycles. The van der Waals surface area contributed by atoms with Crippen LogP contribution in [-0.2, 0) is 17.6 Å². The maximum absolute atomic E-state index is 12.1. The number of hydrogen-bond donors (Lipinski definition) is 1. The van der Waals surface area contributed by atoms with Gasteiger partial charge in [-0.3, -0.25) is 10.3 Å². The zero-order chi connectivity index (χ0) is 24.7. The molecule has 0 radical (unpaired) electrons. The second-order valence-electron chi connectivity index (χ2n) is 11.3. The van der Waals surface area contributed by atoms with Crippen LogP contribution in [0.2, 0.25) is 0 Å². The number of piperidine rings is 1. The van der Waals surface area contributed by atoms with Crippen molar-refractivity contribution in [1.29, 1.82) is 0 Å². The Bertz CT molecular complexity index is 1230. The fourth-order valence-electron chi connectivity index (χ4n) is 5.74. The Morgan fingerprint density at radius 3 is 2.60 bits per heavy atom. The van der Waals surface area contributed by atoms with Gasteiger partial charge >= 0.3 is 6.09 Å². The van der Waals surface area contributed by atoms with E-state index in [1.807, 2.05) is 40.0 Å². The number of amides is 1. The highest BCUT2D eigenvalue weighted by molar-refractivity contribution is 5.85. The molecule has 7 nitrogen and oxygen atoms in total. The van der Waals surface area contributed by atoms with Gasteiger partial charge in [-0.05, 0) is 95.5 Å². The second kappa shape index (κ2) is 9.26. The van der Waals surface area contributed by atoms with E-state index in [4.69, 9.17) is 9.72 Å². The van der Waals surface area contributed by atoms with Gasteiger partial charge in [-0.1, -0.05) is 6.07 Å². The van der Waals surface area contributed by atoms with Crippen molar-refractivity contribution in [2.45, 2.75) is 71.9 Å². The lowest BCUT2D eigenvalue weighted by atomic mass is 10.0. The van der Waals surface area contributed by atoms with E-state index in [0.717, 1.165) is 73.6 Å². The van der Waals surface area contributed by atoms with E-state index in [0.29, 0.717) is 12.0 Å². The van der Waals surface area contributed by atoms with Crippen LogP contribution in [0.4, 0.5) is 10.5 Å². The van der Waals surface area contributed by atoms with Crippen molar-refractivity contribution >= 4 is 22.8 Å². The number of imidazole rings is 1. The van der Waals surface area contributed by atoms with Crippen molar-refractivity contribution < 1.29 is 9.53 Å². The average Bonchev–Trinajstić information content (AvgIpc) is 3.31. The van der Waals surface area contributed by atoms with Crippen LogP contribution in [-0.4, -0.2) is 50.8 Å². The van der Waals surface area contributed by atoms with E-state index < -0.39 is 11.7 Å². The summed E-state index contributed by atoms with van der Waals surface area (Å²) in [6, 6.07) is 8.85. The monoisotopic (exact) mass is 475 g/mol. The number of hydrogen-bond acceptors (Lipinski definition) is 5. The summed E-state index contributed by atoms with van der Waals surface area (Å²) >= 11 is 0. The molecule has 35 heavy (non-hydrogen) atoms. The summed E-state index contributed by atoms with van der Waals surface area (Å²) in [4.78, 5) is 24.1. The van der Waals surface area contributed by atoms with Crippen molar-refractivity contribution in [3.05, 3.63) is 53.1 Å². The molecule has 186 valence electrons. The molecule has 1 aliphatic heterocycles. The zero-order valence-corrected chi connectivity index (χ0v) is 21.6. The molecule has 1 amide bonds. The first-order chi connectivity index (χ1) is 16.6. The highest BCUT2D eigenvalue weighted by atomic mass is 16.6. The Labute approximate surface area is 207 Å². The summed E-state index contributed by atoms with van der Waals surface area (Å²) in [7, 11) is 0. The lowest BCUT2D eigenvalue weighted by Gasteiger charge is -2.34. The topological polar surface area (TPSA) is 72.3 Å². The van der Waals surface area contributed by atoms with E-state index in [2.05, 4.69) is 44.9 Å². The van der Waals surface area contributed by atoms with Crippen LogP contribution in [0.1, 0.15) is 62.3 Å². The van der Waals surface area contributed by atoms with Gasteiger partial charge in [0.1, 0.15) is 11.4 Å². The van der Waals surface area contributed by atoms with E-state index in [9.17, 15) is 4.79 Å². The SMILES string of the molecule is Cc1cc2nc(C)n(C3CCN(C[C@@H]4Cc5ccc(NC(=O)OC(C)(C)C)cc5C4)CC3)c2cn1. The Kier molecular flexibility index (Phi) is 6.30. The lowest BCUT2D eigenvalue weighted by molar-refractivity contribution is 0.0636. The predicted octanol–water partition coefficient (Wildman–Crippen LogP) is 5.45. The van der Waals surface area contributed by atoms with Gasteiger partial charge in [-0.25, -0.2) is 9.78 Å². The van der Waals surface area contributed by atoms with Crippen molar-refractivity contribution in [1.82, 2.24) is 19.4 Å². The molecule has 1 aliphatic carbocycles. The summed E-state index contributed by atoms with van der Waals surface area (Å²) in [5.41, 5.74) is 6.30. The van der Waals surface area contributed by atoms with Crippen LogP contribution in [0.3, 0.4) is 0 Å². The van der Waals surface area contributed by atoms with Crippen LogP contribution in [0.15, 0.2) is 30.5 Å². The second-order valence-corrected chi connectivity index (χ2v) is 11.3. The van der Waals surface area contributed by atoms with Gasteiger partial charge in [0.25, 0.3) is 0 Å². The minimum Gasteiger partial charge on any atom is -0.444 e. The number of anilines is 1. The fraction of sp³-hybridized carbons (Fsp3) is 0.536. The van der Waals surface area contributed by atoms with Crippen LogP contribution in [0, 0.1) is 19.8 Å². The number of carbonyl (C=O) groups excluding carboxylic acids is 1. The number of fused-ring (bicyclic) bond motifs is 2. The van der Waals surface area contributed by atoms with Crippen LogP contribution >= 0.6 is 0 Å². The minimum absolute atomic E-state index is 0.401. The number of carbonyl (C=O) groups is 1. The molecule has 5 rings (SSSR count). The predicted molar refractivity (Wildman–Crippen MR) is 139 cm³/mol. The molecule has 1 saturated heterocycles. The first kappa shape index (κ1) is 23.8. The standard InChI is InChI=1S/C28H37N5O2/c1-18-12-25-26(16-29-18)33(19(2)30-25)24-8-10-32(11-9-24)17-20-13-21-6-7-23(15-22(21)14-20)31-27(34)35-28(3,4)5/h6-7,12,15-16,20,24H,8-11,13-14,17H2,1-5H3,(H,31,34)/t20-/m1/s1. The minimum atomic E-state index is -0.501. The zero-order valence-electron chi connectivity index (χ0n) is 21.6. The third kappa shape index (κ3) is 5.35. The number of nitrogens with one attached hydrogen (secondary N) is 1. The largest absolute Gasteiger partial charge is 0.444 e. The average molecular weight is 476 g/mol. The molecule has 1 aromatic carbocycles. The Morgan fingerprint density at radius 1 is 1.11 bits per heavy atom. The summed E-state index contributed by atoms with van der Waals surface area (Å²) in [6.07, 6.45) is 6.04. The molecule has 1 N–H and O–H groups in total. The molecule has 1 atom stereocenters. The van der Waals surface area contributed by atoms with E-state index in [1.54, 1.807) is 0 Å². The summed E-state index contributed by atoms with van der Waals surface area (Å²) in [6.45, 7) is 13.1. The van der Waals surface area contributed by atoms with Crippen molar-refractivity contribution in [3.8, 4) is 0 Å². The smallest absolute Gasteiger partial charge is 0.412 e. The Morgan fingerprint density at radius 2 is 1.86 bits per heavy atom. The third-order valence-corrected chi connectivity index (χ3v) is 7.20. The van der Waals surface area contributed by atoms with Gasteiger partial charge in [0.05, 0.1) is 17.2 Å². The lowest BCUT2D eigenvalue weighted by Crippen LogP contribution is -2.38. The maximum atomic E-state index is 12.1. The maximum Gasteiger partial charge on any atom is 0.412 e. The highest BCUT2D eigenvalue weighted by Gasteiger charge is 2.28. The number of aryl methyl sites for hydroxylation is 2. The molecule has 0 spiro atoms. The van der Waals surface area contributed by atoms with Gasteiger partial charge in [-0.15, -0.1) is 0 Å². The molecule has 2 aliphatic rings. The number of nitrogens with zero attached hydrogens (tertiary/aromatic N) is 4. The van der Waals surface area contributed by atoms with Gasteiger partial charge in [-0.2, -0.15) is 0 Å². The highest BCUT2D eigenvalue weighted by Crippen LogP contribution is 2.32. The number of rotatable bonds is 4. The first-order valence-corrected chi connectivity index (χ1v) is 12.8. The summed E-state index contributed by atoms with van der Waals surface area (Å²) < 4.78 is 7.79. The van der Waals surface area contributed by atoms with Crippen molar-refractivity contribution in [2.24, 2.45) is 5.92 Å². The number of likely N-dealkylation sites (tertiary alicyclic amines) is 1. The molecular weight excluding hydrogens is 438 g/mol. The molecule has 3 aromatic rings. The van der Waals surface area contributed by atoms with Gasteiger partial charge in [0.15, 0.2) is 0 Å². The quantitative estimate of drug-likeness (QED) is 0.543. The van der Waals surface area contributed by atoms with Crippen molar-refractivity contribution in [2.75, 3.05) is 25.0 Å². The van der Waals surface area contributed by atoms with Gasteiger partial charge in [0.2, 0.25) is 0 Å². The van der Waals surface area contributed by atoms with Crippen LogP contribution in [0.25, 0.3) is 11.0 Å². The molecule has 3 heterocycles. The first-order valence-electron chi connectivity index (χ1n) is 12.8. The number of ether oxygens (including phenoxy) is 1. The Balaban J connectivity index is 1.16. The van der Waals surface area contributed by atoms with Crippen LogP contribution in [0.5, 0.6) is 0 Å². The molecule has 0 saturated carbocycles. The third-order valence-electron chi connectivity index (χ3n) is 7.20.